The number of para-hydroxylation sites is 1. The first kappa shape index (κ1) is 21.4. The molecule has 1 saturated heterocycles. The summed E-state index contributed by atoms with van der Waals surface area (Å²) >= 11 is 0. The molecule has 158 valence electrons. The van der Waals surface area contributed by atoms with Gasteiger partial charge in [-0.2, -0.15) is 0 Å². The number of aromatic nitrogens is 1. The van der Waals surface area contributed by atoms with Gasteiger partial charge in [-0.3, -0.25) is 19.4 Å². The molecule has 0 radical (unpaired) electrons. The van der Waals surface area contributed by atoms with Crippen LogP contribution in [0.4, 0.5) is 5.69 Å². The van der Waals surface area contributed by atoms with E-state index in [1.165, 1.54) is 19.3 Å². The number of pyridine rings is 1. The molecule has 1 aliphatic rings. The molecule has 0 saturated carbocycles. The van der Waals surface area contributed by atoms with Gasteiger partial charge in [0.25, 0.3) is 5.91 Å². The lowest BCUT2D eigenvalue weighted by molar-refractivity contribution is -0.136. The molecule has 1 fully saturated rings. The Labute approximate surface area is 176 Å². The highest BCUT2D eigenvalue weighted by atomic mass is 16.2. The van der Waals surface area contributed by atoms with Crippen LogP contribution in [0.5, 0.6) is 0 Å². The van der Waals surface area contributed by atoms with Crippen molar-refractivity contribution in [3.8, 4) is 0 Å². The first-order chi connectivity index (χ1) is 14.6. The number of hydrogen-bond acceptors (Lipinski definition) is 5. The van der Waals surface area contributed by atoms with E-state index < -0.39 is 11.8 Å². The van der Waals surface area contributed by atoms with Gasteiger partial charge in [-0.25, -0.2) is 0 Å². The topological polar surface area (TPSA) is 103 Å². The third-order valence-electron chi connectivity index (χ3n) is 4.94. The van der Waals surface area contributed by atoms with Crippen LogP contribution in [0.3, 0.4) is 0 Å². The Balaban J connectivity index is 1.50. The molecule has 3 rings (SSSR count). The maximum atomic E-state index is 12.5. The largest absolute Gasteiger partial charge is 0.347 e. The Bertz CT molecular complexity index is 866. The predicted molar refractivity (Wildman–Crippen MR) is 114 cm³/mol. The van der Waals surface area contributed by atoms with E-state index in [9.17, 15) is 14.4 Å². The molecule has 8 nitrogen and oxygen atoms in total. The molecule has 3 amide bonds. The van der Waals surface area contributed by atoms with Crippen LogP contribution in [-0.4, -0.2) is 53.8 Å². The fourth-order valence-electron chi connectivity index (χ4n) is 3.33. The standard InChI is InChI=1S/C22H27N5O3/c28-20(25-16-17-8-4-5-11-23-17)18-9-2-3-10-19(18)26-22(30)21(29)24-12-15-27-13-6-1-7-14-27/h2-5,8-11H,1,6-7,12-16H2,(H,24,29)(H,25,28)(H,26,30). The zero-order valence-electron chi connectivity index (χ0n) is 16.9. The molecule has 2 heterocycles. The Morgan fingerprint density at radius 3 is 2.43 bits per heavy atom. The molecule has 0 unspecified atom stereocenters. The minimum Gasteiger partial charge on any atom is -0.347 e. The average Bonchev–Trinajstić information content (AvgIpc) is 2.79. The lowest BCUT2D eigenvalue weighted by atomic mass is 10.1. The third kappa shape index (κ3) is 6.38. The number of benzene rings is 1. The second-order valence-electron chi connectivity index (χ2n) is 7.16. The highest BCUT2D eigenvalue weighted by Gasteiger charge is 2.18. The average molecular weight is 409 g/mol. The number of likely N-dealkylation sites (tertiary alicyclic amines) is 1. The number of anilines is 1. The molecule has 0 aliphatic carbocycles. The predicted octanol–water partition coefficient (Wildman–Crippen LogP) is 1.55. The summed E-state index contributed by atoms with van der Waals surface area (Å²) in [6.45, 7) is 3.47. The summed E-state index contributed by atoms with van der Waals surface area (Å²) < 4.78 is 0. The minimum absolute atomic E-state index is 0.263. The van der Waals surface area contributed by atoms with Crippen LogP contribution in [0.25, 0.3) is 0 Å². The van der Waals surface area contributed by atoms with Gasteiger partial charge < -0.3 is 20.9 Å². The minimum atomic E-state index is -0.793. The van der Waals surface area contributed by atoms with Crippen molar-refractivity contribution < 1.29 is 14.4 Å². The summed E-state index contributed by atoms with van der Waals surface area (Å²) in [5.41, 5.74) is 1.29. The SMILES string of the molecule is O=C(NCCN1CCCCC1)C(=O)Nc1ccccc1C(=O)NCc1ccccn1. The van der Waals surface area contributed by atoms with Gasteiger partial charge in [0, 0.05) is 19.3 Å². The van der Waals surface area contributed by atoms with Gasteiger partial charge in [-0.15, -0.1) is 0 Å². The van der Waals surface area contributed by atoms with Crippen LogP contribution in [0.2, 0.25) is 0 Å². The lowest BCUT2D eigenvalue weighted by Gasteiger charge is -2.26. The molecule has 2 aromatic rings. The molecule has 0 spiro atoms. The normalized spacial score (nSPS) is 14.0. The molecule has 1 aromatic heterocycles. The summed E-state index contributed by atoms with van der Waals surface area (Å²) in [5, 5.41) is 7.95. The maximum Gasteiger partial charge on any atom is 0.313 e. The van der Waals surface area contributed by atoms with Gasteiger partial charge in [0.2, 0.25) is 0 Å². The summed E-state index contributed by atoms with van der Waals surface area (Å²) in [6, 6.07) is 12.0. The molecular weight excluding hydrogens is 382 g/mol. The first-order valence-corrected chi connectivity index (χ1v) is 10.2. The van der Waals surface area contributed by atoms with Crippen LogP contribution >= 0.6 is 0 Å². The number of carbonyl (C=O) groups excluding carboxylic acids is 3. The summed E-state index contributed by atoms with van der Waals surface area (Å²) in [6.07, 6.45) is 5.25. The molecule has 1 aliphatic heterocycles. The summed E-state index contributed by atoms with van der Waals surface area (Å²) in [5.74, 6) is -1.86. The number of amides is 3. The molecule has 3 N–H and O–H groups in total. The van der Waals surface area contributed by atoms with Crippen molar-refractivity contribution in [2.75, 3.05) is 31.5 Å². The van der Waals surface area contributed by atoms with Gasteiger partial charge in [-0.1, -0.05) is 24.6 Å². The number of carbonyl (C=O) groups is 3. The lowest BCUT2D eigenvalue weighted by Crippen LogP contribution is -2.41. The molecule has 1 aromatic carbocycles. The van der Waals surface area contributed by atoms with E-state index >= 15 is 0 Å². The fraction of sp³-hybridized carbons (Fsp3) is 0.364. The quantitative estimate of drug-likeness (QED) is 0.602. The molecular formula is C22H27N5O3. The van der Waals surface area contributed by atoms with Gasteiger partial charge in [0.05, 0.1) is 23.5 Å². The molecule has 30 heavy (non-hydrogen) atoms. The van der Waals surface area contributed by atoms with Crippen molar-refractivity contribution in [3.63, 3.8) is 0 Å². The Hall–Kier alpha value is -3.26. The van der Waals surface area contributed by atoms with E-state index in [4.69, 9.17) is 0 Å². The van der Waals surface area contributed by atoms with E-state index in [1.807, 2.05) is 12.1 Å². The fourth-order valence-corrected chi connectivity index (χ4v) is 3.33. The van der Waals surface area contributed by atoms with Crippen LogP contribution in [0, 0.1) is 0 Å². The van der Waals surface area contributed by atoms with Crippen molar-refractivity contribution in [1.29, 1.82) is 0 Å². The number of nitrogens with one attached hydrogen (secondary N) is 3. The Morgan fingerprint density at radius 2 is 1.67 bits per heavy atom. The Kier molecular flexibility index (Phi) is 7.91. The molecule has 0 bridgehead atoms. The number of nitrogens with zero attached hydrogens (tertiary/aromatic N) is 2. The van der Waals surface area contributed by atoms with Crippen molar-refractivity contribution >= 4 is 23.4 Å². The maximum absolute atomic E-state index is 12.5. The van der Waals surface area contributed by atoms with Crippen LogP contribution in [0.1, 0.15) is 35.3 Å². The van der Waals surface area contributed by atoms with E-state index in [0.29, 0.717) is 6.54 Å². The second kappa shape index (κ2) is 11.1. The zero-order chi connectivity index (χ0) is 21.2. The van der Waals surface area contributed by atoms with E-state index in [1.54, 1.807) is 36.5 Å². The van der Waals surface area contributed by atoms with Crippen molar-refractivity contribution in [2.45, 2.75) is 25.8 Å². The highest BCUT2D eigenvalue weighted by Crippen LogP contribution is 2.15. The third-order valence-corrected chi connectivity index (χ3v) is 4.94. The monoisotopic (exact) mass is 409 g/mol. The van der Waals surface area contributed by atoms with Gasteiger partial charge in [0.15, 0.2) is 0 Å². The molecule has 0 atom stereocenters. The Morgan fingerprint density at radius 1 is 0.900 bits per heavy atom. The second-order valence-corrected chi connectivity index (χ2v) is 7.16. The van der Waals surface area contributed by atoms with Crippen molar-refractivity contribution in [1.82, 2.24) is 20.5 Å². The van der Waals surface area contributed by atoms with Gasteiger partial charge in [-0.05, 0) is 50.2 Å². The van der Waals surface area contributed by atoms with E-state index in [0.717, 1.165) is 25.3 Å². The van der Waals surface area contributed by atoms with Crippen LogP contribution in [-0.2, 0) is 16.1 Å². The number of rotatable bonds is 7. The first-order valence-electron chi connectivity index (χ1n) is 10.2. The van der Waals surface area contributed by atoms with Crippen molar-refractivity contribution in [2.24, 2.45) is 0 Å². The van der Waals surface area contributed by atoms with Crippen LogP contribution in [0.15, 0.2) is 48.7 Å². The van der Waals surface area contributed by atoms with E-state index in [2.05, 4.69) is 25.8 Å². The summed E-state index contributed by atoms with van der Waals surface area (Å²) in [4.78, 5) is 43.4. The van der Waals surface area contributed by atoms with Crippen LogP contribution < -0.4 is 16.0 Å². The number of piperidine rings is 1. The molecule has 8 heteroatoms. The smallest absolute Gasteiger partial charge is 0.313 e. The summed E-state index contributed by atoms with van der Waals surface area (Å²) in [7, 11) is 0. The van der Waals surface area contributed by atoms with E-state index in [-0.39, 0.29) is 23.7 Å². The van der Waals surface area contributed by atoms with Crippen molar-refractivity contribution in [3.05, 3.63) is 59.9 Å². The highest BCUT2D eigenvalue weighted by molar-refractivity contribution is 6.40. The number of hydrogen-bond donors (Lipinski definition) is 3. The van der Waals surface area contributed by atoms with Gasteiger partial charge >= 0.3 is 11.8 Å². The zero-order valence-corrected chi connectivity index (χ0v) is 16.9. The van der Waals surface area contributed by atoms with Gasteiger partial charge in [0.1, 0.15) is 0 Å².